The van der Waals surface area contributed by atoms with E-state index in [9.17, 15) is 9.18 Å². The molecule has 1 aliphatic heterocycles. The average molecular weight is 349 g/mol. The summed E-state index contributed by atoms with van der Waals surface area (Å²) in [5.41, 5.74) is 0. The molecule has 128 valence electrons. The van der Waals surface area contributed by atoms with Gasteiger partial charge in [-0.15, -0.1) is 11.3 Å². The van der Waals surface area contributed by atoms with E-state index in [0.29, 0.717) is 13.1 Å². The van der Waals surface area contributed by atoms with Crippen LogP contribution in [0.25, 0.3) is 0 Å². The number of rotatable bonds is 7. The van der Waals surface area contributed by atoms with Crippen molar-refractivity contribution in [1.29, 1.82) is 0 Å². The molecule has 6 heteroatoms. The summed E-state index contributed by atoms with van der Waals surface area (Å²) in [5, 5.41) is 1.99. The van der Waals surface area contributed by atoms with E-state index in [1.54, 1.807) is 28.4 Å². The summed E-state index contributed by atoms with van der Waals surface area (Å²) in [7, 11) is 0. The summed E-state index contributed by atoms with van der Waals surface area (Å²) in [6.45, 7) is 1.63. The molecule has 0 spiro atoms. The normalized spacial score (nSPS) is 17.0. The van der Waals surface area contributed by atoms with Crippen molar-refractivity contribution in [2.24, 2.45) is 0 Å². The lowest BCUT2D eigenvalue weighted by Crippen LogP contribution is -2.39. The Bertz CT molecular complexity index is 656. The van der Waals surface area contributed by atoms with E-state index in [1.165, 1.54) is 12.1 Å². The van der Waals surface area contributed by atoms with Crippen LogP contribution in [0.2, 0.25) is 0 Å². The fourth-order valence-electron chi connectivity index (χ4n) is 2.67. The molecule has 0 aliphatic carbocycles. The van der Waals surface area contributed by atoms with Crippen LogP contribution in [0.15, 0.2) is 41.8 Å². The van der Waals surface area contributed by atoms with Crippen LogP contribution in [0.5, 0.6) is 5.75 Å². The van der Waals surface area contributed by atoms with Crippen LogP contribution in [-0.2, 0) is 16.1 Å². The fraction of sp³-hybridized carbons (Fsp3) is 0.389. The highest BCUT2D eigenvalue weighted by Crippen LogP contribution is 2.19. The summed E-state index contributed by atoms with van der Waals surface area (Å²) < 4.78 is 24.6. The average Bonchev–Trinajstić information content (AvgIpc) is 3.27. The van der Waals surface area contributed by atoms with Gasteiger partial charge in [0.25, 0.3) is 5.91 Å². The zero-order chi connectivity index (χ0) is 16.8. The van der Waals surface area contributed by atoms with Gasteiger partial charge in [-0.1, -0.05) is 18.2 Å². The van der Waals surface area contributed by atoms with Gasteiger partial charge in [0.15, 0.2) is 18.2 Å². The zero-order valence-electron chi connectivity index (χ0n) is 13.3. The van der Waals surface area contributed by atoms with Crippen LogP contribution in [0, 0.1) is 5.82 Å². The van der Waals surface area contributed by atoms with Gasteiger partial charge in [0, 0.05) is 18.0 Å². The first-order chi connectivity index (χ1) is 11.7. The van der Waals surface area contributed by atoms with Crippen molar-refractivity contribution in [3.63, 3.8) is 0 Å². The van der Waals surface area contributed by atoms with Crippen molar-refractivity contribution in [2.75, 3.05) is 19.8 Å². The van der Waals surface area contributed by atoms with Crippen LogP contribution < -0.4 is 4.74 Å². The molecule has 2 heterocycles. The lowest BCUT2D eigenvalue weighted by Gasteiger charge is -2.25. The number of hydrogen-bond acceptors (Lipinski definition) is 4. The molecule has 1 fully saturated rings. The molecule has 1 aliphatic rings. The summed E-state index contributed by atoms with van der Waals surface area (Å²) >= 11 is 1.61. The molecule has 1 aromatic carbocycles. The quantitative estimate of drug-likeness (QED) is 0.768. The van der Waals surface area contributed by atoms with Gasteiger partial charge in [-0.25, -0.2) is 4.39 Å². The van der Waals surface area contributed by atoms with E-state index in [4.69, 9.17) is 9.47 Å². The molecule has 24 heavy (non-hydrogen) atoms. The van der Waals surface area contributed by atoms with Gasteiger partial charge in [-0.3, -0.25) is 4.79 Å². The van der Waals surface area contributed by atoms with Crippen molar-refractivity contribution in [2.45, 2.75) is 25.5 Å². The number of halogens is 1. The Kier molecular flexibility index (Phi) is 5.82. The van der Waals surface area contributed by atoms with Crippen LogP contribution in [0.4, 0.5) is 4.39 Å². The molecule has 0 N–H and O–H groups in total. The molecular weight excluding hydrogens is 329 g/mol. The molecule has 1 unspecified atom stereocenters. The van der Waals surface area contributed by atoms with E-state index < -0.39 is 5.82 Å². The van der Waals surface area contributed by atoms with Gasteiger partial charge < -0.3 is 14.4 Å². The van der Waals surface area contributed by atoms with E-state index in [0.717, 1.165) is 24.3 Å². The maximum atomic E-state index is 13.6. The maximum Gasteiger partial charge on any atom is 0.260 e. The van der Waals surface area contributed by atoms with Crippen LogP contribution in [0.1, 0.15) is 17.7 Å². The lowest BCUT2D eigenvalue weighted by atomic mass is 10.2. The predicted octanol–water partition coefficient (Wildman–Crippen LogP) is 3.47. The molecule has 0 bridgehead atoms. The van der Waals surface area contributed by atoms with Crippen molar-refractivity contribution in [1.82, 2.24) is 4.90 Å². The lowest BCUT2D eigenvalue weighted by molar-refractivity contribution is -0.135. The zero-order valence-corrected chi connectivity index (χ0v) is 14.1. The molecule has 2 aromatic rings. The van der Waals surface area contributed by atoms with Crippen LogP contribution in [0.3, 0.4) is 0 Å². The van der Waals surface area contributed by atoms with Crippen LogP contribution >= 0.6 is 11.3 Å². The van der Waals surface area contributed by atoms with E-state index in [2.05, 4.69) is 0 Å². The predicted molar refractivity (Wildman–Crippen MR) is 90.6 cm³/mol. The maximum absolute atomic E-state index is 13.6. The van der Waals surface area contributed by atoms with E-state index in [-0.39, 0.29) is 24.4 Å². The molecule has 1 amide bonds. The highest BCUT2D eigenvalue weighted by molar-refractivity contribution is 7.09. The summed E-state index contributed by atoms with van der Waals surface area (Å²) in [5.74, 6) is -0.532. The SMILES string of the molecule is O=C(COc1ccccc1F)N(Cc1cccs1)CC1CCCO1. The van der Waals surface area contributed by atoms with Crippen molar-refractivity contribution in [3.05, 3.63) is 52.5 Å². The largest absolute Gasteiger partial charge is 0.481 e. The second-order valence-corrected chi connectivity index (χ2v) is 6.74. The number of benzene rings is 1. The molecule has 4 nitrogen and oxygen atoms in total. The number of carbonyl (C=O) groups excluding carboxylic acids is 1. The Balaban J connectivity index is 1.62. The van der Waals surface area contributed by atoms with Gasteiger partial charge >= 0.3 is 0 Å². The van der Waals surface area contributed by atoms with Gasteiger partial charge in [0.05, 0.1) is 12.6 Å². The second-order valence-electron chi connectivity index (χ2n) is 5.71. The Hall–Kier alpha value is -1.92. The second kappa shape index (κ2) is 8.26. The molecule has 1 atom stereocenters. The standard InChI is InChI=1S/C18H20FNO3S/c19-16-7-1-2-8-17(16)23-13-18(21)20(11-14-5-3-9-22-14)12-15-6-4-10-24-15/h1-2,4,6-8,10,14H,3,5,9,11-13H2. The van der Waals surface area contributed by atoms with E-state index >= 15 is 0 Å². The molecule has 0 radical (unpaired) electrons. The van der Waals surface area contributed by atoms with Crippen molar-refractivity contribution >= 4 is 17.2 Å². The van der Waals surface area contributed by atoms with Crippen molar-refractivity contribution < 1.29 is 18.7 Å². The Morgan fingerprint density at radius 1 is 1.33 bits per heavy atom. The number of hydrogen-bond donors (Lipinski definition) is 0. The monoisotopic (exact) mass is 349 g/mol. The minimum absolute atomic E-state index is 0.0716. The third kappa shape index (κ3) is 4.55. The van der Waals surface area contributed by atoms with Gasteiger partial charge in [0.1, 0.15) is 0 Å². The first-order valence-electron chi connectivity index (χ1n) is 8.01. The Morgan fingerprint density at radius 3 is 2.92 bits per heavy atom. The minimum Gasteiger partial charge on any atom is -0.481 e. The molecule has 1 aromatic heterocycles. The van der Waals surface area contributed by atoms with Gasteiger partial charge in [0.2, 0.25) is 0 Å². The highest BCUT2D eigenvalue weighted by atomic mass is 32.1. The summed E-state index contributed by atoms with van der Waals surface area (Å²) in [6.07, 6.45) is 2.06. The third-order valence-corrected chi connectivity index (χ3v) is 4.78. The minimum atomic E-state index is -0.464. The highest BCUT2D eigenvalue weighted by Gasteiger charge is 2.23. The van der Waals surface area contributed by atoms with Crippen LogP contribution in [-0.4, -0.2) is 36.7 Å². The third-order valence-electron chi connectivity index (χ3n) is 3.92. The first kappa shape index (κ1) is 16.9. The number of carbonyl (C=O) groups is 1. The van der Waals surface area contributed by atoms with Gasteiger partial charge in [-0.2, -0.15) is 0 Å². The molecule has 3 rings (SSSR count). The van der Waals surface area contributed by atoms with Gasteiger partial charge in [-0.05, 0) is 36.4 Å². The molecular formula is C18H20FNO3S. The number of amides is 1. The Labute approximate surface area is 144 Å². The summed E-state index contributed by atoms with van der Waals surface area (Å²) in [6, 6.07) is 10.1. The first-order valence-corrected chi connectivity index (χ1v) is 8.89. The number of nitrogens with zero attached hydrogens (tertiary/aromatic N) is 1. The Morgan fingerprint density at radius 2 is 2.21 bits per heavy atom. The summed E-state index contributed by atoms with van der Waals surface area (Å²) in [4.78, 5) is 15.4. The van der Waals surface area contributed by atoms with Crippen molar-refractivity contribution in [3.8, 4) is 5.75 Å². The molecule has 0 saturated carbocycles. The number of thiophene rings is 1. The molecule has 1 saturated heterocycles. The number of para-hydroxylation sites is 1. The topological polar surface area (TPSA) is 38.8 Å². The fourth-order valence-corrected chi connectivity index (χ4v) is 3.39. The van der Waals surface area contributed by atoms with E-state index in [1.807, 2.05) is 17.5 Å². The smallest absolute Gasteiger partial charge is 0.260 e. The number of ether oxygens (including phenoxy) is 2.